The van der Waals surface area contributed by atoms with E-state index in [1.807, 2.05) is 20.2 Å². The van der Waals surface area contributed by atoms with Gasteiger partial charge in [0.25, 0.3) is 0 Å². The van der Waals surface area contributed by atoms with Crippen molar-refractivity contribution in [2.24, 2.45) is 0 Å². The zero-order valence-corrected chi connectivity index (χ0v) is 37.1. The van der Waals surface area contributed by atoms with Crippen LogP contribution in [0.3, 0.4) is 0 Å². The molecule has 0 aromatic carbocycles. The Balaban J connectivity index is 0.690. The highest BCUT2D eigenvalue weighted by atomic mass is 35.5. The number of anilines is 2. The Morgan fingerprint density at radius 3 is 1.67 bits per heavy atom. The molecule has 2 amide bonds. The molecule has 6 N–H and O–H groups in total. The lowest BCUT2D eigenvalue weighted by Gasteiger charge is -2.32. The van der Waals surface area contributed by atoms with Crippen molar-refractivity contribution in [2.45, 2.75) is 164 Å². The number of aryl methyl sites for hydroxylation is 2. The lowest BCUT2D eigenvalue weighted by atomic mass is 9.90. The minimum Gasteiger partial charge on any atom is -0.388 e. The fourth-order valence-electron chi connectivity index (χ4n) is 10.0. The SMILES string of the molecule is CCc1nnn([C@@H]2CC[C@H](n3cnc4c(N[C@H]5CC[C@H](NC(=O)N[C@H]6CC[C@H](Nc7nc(Cl)nc8c7ncn8[C@@H]7C[C@H](n8nnc(CC)n8)[C@@H](O)[C@H]7O)CC6)CC5)nc(Cl)nc43)C2)n1. The highest BCUT2D eigenvalue weighted by molar-refractivity contribution is 6.29. The highest BCUT2D eigenvalue weighted by Crippen LogP contribution is 2.41. The summed E-state index contributed by atoms with van der Waals surface area (Å²) in [4.78, 5) is 43.7. The first-order valence-electron chi connectivity index (χ1n) is 22.4. The van der Waals surface area contributed by atoms with E-state index in [-0.39, 0.29) is 52.8 Å². The summed E-state index contributed by atoms with van der Waals surface area (Å²) >= 11 is 12.9. The second-order valence-corrected chi connectivity index (χ2v) is 18.2. The molecule has 4 aliphatic carbocycles. The Morgan fingerprint density at radius 1 is 0.625 bits per heavy atom. The van der Waals surface area contributed by atoms with Crippen molar-refractivity contribution in [3.63, 3.8) is 0 Å². The number of urea groups is 1. The van der Waals surface area contributed by atoms with Gasteiger partial charge in [-0.2, -0.15) is 29.5 Å². The molecule has 6 aromatic heterocycles. The Morgan fingerprint density at radius 2 is 1.11 bits per heavy atom. The van der Waals surface area contributed by atoms with Crippen LogP contribution in [0.4, 0.5) is 16.4 Å². The third kappa shape index (κ3) is 8.49. The van der Waals surface area contributed by atoms with Gasteiger partial charge in [-0.1, -0.05) is 13.8 Å². The number of aliphatic hydroxyl groups excluding tert-OH is 2. The van der Waals surface area contributed by atoms with Crippen LogP contribution in [-0.2, 0) is 12.8 Å². The number of carbonyl (C=O) groups excluding carboxylic acids is 1. The van der Waals surface area contributed by atoms with Crippen LogP contribution in [0.1, 0.15) is 127 Å². The van der Waals surface area contributed by atoms with Crippen LogP contribution < -0.4 is 21.3 Å². The zero-order valence-electron chi connectivity index (χ0n) is 35.5. The predicted molar refractivity (Wildman–Crippen MR) is 233 cm³/mol. The molecule has 0 bridgehead atoms. The highest BCUT2D eigenvalue weighted by Gasteiger charge is 2.45. The molecular formula is C39H52Cl2N20O3. The molecule has 10 rings (SSSR count). The van der Waals surface area contributed by atoms with Gasteiger partial charge in [0.1, 0.15) is 18.2 Å². The van der Waals surface area contributed by atoms with Gasteiger partial charge >= 0.3 is 6.03 Å². The third-order valence-electron chi connectivity index (χ3n) is 13.5. The van der Waals surface area contributed by atoms with Gasteiger partial charge in [-0.25, -0.2) is 14.8 Å². The molecule has 23 nitrogen and oxygen atoms in total. The molecule has 64 heavy (non-hydrogen) atoms. The van der Waals surface area contributed by atoms with Gasteiger partial charge in [-0.05, 0) is 111 Å². The minimum absolute atomic E-state index is 0.0355. The predicted octanol–water partition coefficient (Wildman–Crippen LogP) is 3.69. The molecule has 4 fully saturated rings. The third-order valence-corrected chi connectivity index (χ3v) is 13.9. The van der Waals surface area contributed by atoms with Crippen molar-refractivity contribution < 1.29 is 15.0 Å². The number of nitrogens with one attached hydrogen (secondary N) is 4. The van der Waals surface area contributed by atoms with E-state index in [0.717, 1.165) is 82.9 Å². The second kappa shape index (κ2) is 17.9. The number of rotatable bonds is 12. The number of halogens is 2. The van der Waals surface area contributed by atoms with Crippen LogP contribution in [0.15, 0.2) is 12.7 Å². The zero-order chi connectivity index (χ0) is 44.1. The lowest BCUT2D eigenvalue weighted by molar-refractivity contribution is 0.00473. The summed E-state index contributed by atoms with van der Waals surface area (Å²) < 4.78 is 3.84. The van der Waals surface area contributed by atoms with E-state index in [1.165, 1.54) is 4.80 Å². The largest absolute Gasteiger partial charge is 0.388 e. The van der Waals surface area contributed by atoms with Crippen LogP contribution in [0, 0.1) is 0 Å². The van der Waals surface area contributed by atoms with Gasteiger partial charge in [0, 0.05) is 43.1 Å². The summed E-state index contributed by atoms with van der Waals surface area (Å²) in [6.07, 6.45) is 12.1. The van der Waals surface area contributed by atoms with Crippen molar-refractivity contribution in [3.05, 3.63) is 34.9 Å². The molecular weight excluding hydrogens is 867 g/mol. The summed E-state index contributed by atoms with van der Waals surface area (Å²) in [6, 6.07) is -0.600. The summed E-state index contributed by atoms with van der Waals surface area (Å²) in [5.41, 5.74) is 2.36. The fraction of sp³-hybridized carbons (Fsp3) is 0.667. The maximum absolute atomic E-state index is 13.2. The molecule has 4 aliphatic rings. The van der Waals surface area contributed by atoms with Crippen molar-refractivity contribution in [1.29, 1.82) is 0 Å². The van der Waals surface area contributed by atoms with Gasteiger partial charge in [-0.3, -0.25) is 0 Å². The van der Waals surface area contributed by atoms with Crippen LogP contribution in [0.5, 0.6) is 0 Å². The molecule has 0 aliphatic heterocycles. The van der Waals surface area contributed by atoms with Crippen molar-refractivity contribution in [3.8, 4) is 0 Å². The first-order chi connectivity index (χ1) is 31.1. The van der Waals surface area contributed by atoms with Crippen LogP contribution in [0.2, 0.25) is 10.6 Å². The molecule has 6 atom stereocenters. The molecule has 4 saturated carbocycles. The van der Waals surface area contributed by atoms with Crippen LogP contribution in [-0.4, -0.2) is 132 Å². The minimum atomic E-state index is -1.12. The molecule has 6 aromatic rings. The van der Waals surface area contributed by atoms with Gasteiger partial charge in [-0.15, -0.1) is 20.4 Å². The number of aliphatic hydroxyl groups is 2. The Labute approximate surface area is 376 Å². The Kier molecular flexibility index (Phi) is 11.9. The number of imidazole rings is 2. The first kappa shape index (κ1) is 42.6. The maximum Gasteiger partial charge on any atom is 0.315 e. The number of hydrogen-bond donors (Lipinski definition) is 6. The van der Waals surface area contributed by atoms with Crippen LogP contribution in [0.25, 0.3) is 22.3 Å². The summed E-state index contributed by atoms with van der Waals surface area (Å²) in [5, 5.41) is 61.2. The number of hydrogen-bond acceptors (Lipinski definition) is 17. The molecule has 340 valence electrons. The first-order valence-corrected chi connectivity index (χ1v) is 23.2. The lowest BCUT2D eigenvalue weighted by Crippen LogP contribution is -2.49. The van der Waals surface area contributed by atoms with E-state index in [0.29, 0.717) is 52.6 Å². The molecule has 0 saturated heterocycles. The van der Waals surface area contributed by atoms with Crippen molar-refractivity contribution >= 4 is 63.2 Å². The fourth-order valence-corrected chi connectivity index (χ4v) is 10.4. The number of tetrazole rings is 2. The second-order valence-electron chi connectivity index (χ2n) is 17.6. The quantitative estimate of drug-likeness (QED) is 0.0955. The average Bonchev–Trinajstić information content (AvgIpc) is 4.16. The van der Waals surface area contributed by atoms with E-state index >= 15 is 0 Å². The molecule has 0 spiro atoms. The Hall–Kier alpha value is -5.39. The summed E-state index contributed by atoms with van der Waals surface area (Å²) in [7, 11) is 0. The van der Waals surface area contributed by atoms with Crippen molar-refractivity contribution in [2.75, 3.05) is 10.6 Å². The summed E-state index contributed by atoms with van der Waals surface area (Å²) in [5.74, 6) is 2.43. The van der Waals surface area contributed by atoms with Gasteiger partial charge < -0.3 is 40.6 Å². The average molecular weight is 920 g/mol. The number of aromatic nitrogens is 16. The van der Waals surface area contributed by atoms with E-state index in [2.05, 4.69) is 81.6 Å². The molecule has 6 heterocycles. The normalized spacial score (nSPS) is 28.5. The van der Waals surface area contributed by atoms with E-state index in [1.54, 1.807) is 15.7 Å². The summed E-state index contributed by atoms with van der Waals surface area (Å²) in [6.45, 7) is 3.94. The molecule has 0 radical (unpaired) electrons. The van der Waals surface area contributed by atoms with E-state index < -0.39 is 24.3 Å². The maximum atomic E-state index is 13.2. The number of carbonyl (C=O) groups is 1. The standard InChI is InChI=1S/C39H52Cl2N20O3/c1-3-27-52-56-60(54-27)24-14-13-23(15-24)58-17-42-29-33(48-37(40)50-35(29)58)44-19-5-9-21(10-6-19)46-39(64)47-22-11-7-20(8-12-22)45-34-30-36(51-38(41)49-34)59(18-43-30)25-16-26(32(63)31(25)62)61-55-28(4-2)53-57-61/h17-26,31-32,62-63H,3-16H2,1-2H3,(H,44,48,50)(H,45,49,51)(H2,46,47,64)/t19-,20-,21-,22-,23-,24+,25+,26-,31-,32+/m0/s1. The van der Waals surface area contributed by atoms with E-state index in [9.17, 15) is 15.0 Å². The molecule has 25 heteroatoms. The molecule has 0 unspecified atom stereocenters. The monoisotopic (exact) mass is 918 g/mol. The number of nitrogens with zero attached hydrogens (tertiary/aromatic N) is 16. The number of fused-ring (bicyclic) bond motifs is 2. The number of amides is 2. The van der Waals surface area contributed by atoms with Gasteiger partial charge in [0.05, 0.1) is 24.7 Å². The Bertz CT molecular complexity index is 2600. The smallest absolute Gasteiger partial charge is 0.315 e. The van der Waals surface area contributed by atoms with Gasteiger partial charge in [0.2, 0.25) is 10.6 Å². The topological polar surface area (TPSA) is 280 Å². The van der Waals surface area contributed by atoms with E-state index in [4.69, 9.17) is 28.2 Å². The van der Waals surface area contributed by atoms with Crippen molar-refractivity contribution in [1.82, 2.24) is 90.1 Å². The van der Waals surface area contributed by atoms with Crippen LogP contribution >= 0.6 is 23.2 Å². The van der Waals surface area contributed by atoms with Gasteiger partial charge in [0.15, 0.2) is 45.6 Å².